The van der Waals surface area contributed by atoms with Crippen molar-refractivity contribution in [3.8, 4) is 0 Å². The summed E-state index contributed by atoms with van der Waals surface area (Å²) in [4.78, 5) is 26.1. The van der Waals surface area contributed by atoms with Gasteiger partial charge in [-0.1, -0.05) is 211 Å². The number of carbonyl (C=O) groups excluding carboxylic acids is 2. The molecule has 0 aliphatic heterocycles. The van der Waals surface area contributed by atoms with Crippen LogP contribution in [-0.2, 0) is 14.3 Å². The average molecular weight is 816 g/mol. The molecule has 6 nitrogen and oxygen atoms in total. The van der Waals surface area contributed by atoms with Crippen molar-refractivity contribution >= 4 is 11.9 Å². The minimum atomic E-state index is -0.798. The van der Waals surface area contributed by atoms with E-state index in [1.165, 1.54) is 148 Å². The van der Waals surface area contributed by atoms with E-state index in [2.05, 4.69) is 62.5 Å². The first-order valence-corrected chi connectivity index (χ1v) is 25.2. The van der Waals surface area contributed by atoms with Crippen molar-refractivity contribution in [1.29, 1.82) is 0 Å². The highest BCUT2D eigenvalue weighted by Gasteiger charge is 2.24. The number of hydrogen-bond acceptors (Lipinski definition) is 5. The maximum absolute atomic E-state index is 13.2. The van der Waals surface area contributed by atoms with Crippen molar-refractivity contribution in [2.45, 2.75) is 277 Å². The molecule has 0 bridgehead atoms. The molecule has 3 unspecified atom stereocenters. The number of allylic oxidation sites excluding steroid dienone is 6. The number of rotatable bonds is 45. The molecule has 3 atom stereocenters. The van der Waals surface area contributed by atoms with Gasteiger partial charge in [-0.05, 0) is 70.6 Å². The highest BCUT2D eigenvalue weighted by Crippen LogP contribution is 2.17. The molecule has 0 saturated heterocycles. The molecule has 1 amide bonds. The zero-order valence-electron chi connectivity index (χ0n) is 38.7. The van der Waals surface area contributed by atoms with Crippen molar-refractivity contribution in [1.82, 2.24) is 5.32 Å². The second-order valence-electron chi connectivity index (χ2n) is 17.2. The molecule has 340 valence electrons. The van der Waals surface area contributed by atoms with E-state index in [0.717, 1.165) is 64.2 Å². The number of nitrogens with one attached hydrogen (secondary N) is 1. The van der Waals surface area contributed by atoms with Gasteiger partial charge in [0.2, 0.25) is 5.91 Å². The average Bonchev–Trinajstić information content (AvgIpc) is 3.22. The second-order valence-corrected chi connectivity index (χ2v) is 17.2. The van der Waals surface area contributed by atoms with Crippen LogP contribution in [0.2, 0.25) is 0 Å². The summed E-state index contributed by atoms with van der Waals surface area (Å²) in [6, 6.07) is -0.714. The molecule has 3 N–H and O–H groups in total. The summed E-state index contributed by atoms with van der Waals surface area (Å²) in [6.07, 6.45) is 53.5. The summed E-state index contributed by atoms with van der Waals surface area (Å²) in [5.41, 5.74) is 0. The quantitative estimate of drug-likeness (QED) is 0.0246. The summed E-state index contributed by atoms with van der Waals surface area (Å²) in [7, 11) is 0. The van der Waals surface area contributed by atoms with Gasteiger partial charge in [0.1, 0.15) is 6.10 Å². The van der Waals surface area contributed by atoms with E-state index in [4.69, 9.17) is 4.74 Å². The fraction of sp³-hybridized carbons (Fsp3) is 0.846. The van der Waals surface area contributed by atoms with Crippen molar-refractivity contribution in [2.24, 2.45) is 0 Å². The molecule has 0 heterocycles. The lowest BCUT2D eigenvalue weighted by Crippen LogP contribution is -2.46. The van der Waals surface area contributed by atoms with Gasteiger partial charge in [-0.25, -0.2) is 0 Å². The summed E-state index contributed by atoms with van der Waals surface area (Å²) >= 11 is 0. The smallest absolute Gasteiger partial charge is 0.306 e. The molecule has 0 aliphatic rings. The van der Waals surface area contributed by atoms with Crippen LogP contribution in [0.25, 0.3) is 0 Å². The first-order chi connectivity index (χ1) is 28.5. The molecule has 0 aromatic heterocycles. The van der Waals surface area contributed by atoms with Crippen molar-refractivity contribution in [2.75, 3.05) is 6.61 Å². The molecule has 0 saturated carbocycles. The van der Waals surface area contributed by atoms with Crippen LogP contribution in [0.4, 0.5) is 0 Å². The van der Waals surface area contributed by atoms with E-state index in [1.807, 2.05) is 0 Å². The summed E-state index contributed by atoms with van der Waals surface area (Å²) in [6.45, 7) is 6.44. The lowest BCUT2D eigenvalue weighted by Gasteiger charge is -2.24. The van der Waals surface area contributed by atoms with E-state index in [-0.39, 0.29) is 24.9 Å². The van der Waals surface area contributed by atoms with Crippen molar-refractivity contribution in [3.05, 3.63) is 36.5 Å². The van der Waals surface area contributed by atoms with E-state index in [9.17, 15) is 19.8 Å². The number of aliphatic hydroxyl groups is 2. The summed E-state index contributed by atoms with van der Waals surface area (Å²) in [5.74, 6) is -0.526. The standard InChI is InChI=1S/C52H97NO5/c1-4-7-10-13-16-19-22-25-27-28-31-34-37-40-43-48(58-52(57)45-42-39-36-33-30-24-21-18-15-12-9-6-3)46-51(56)53-49(47-54)50(55)44-41-38-35-32-29-26-23-20-17-14-11-8-5-2/h18,21,27-28,31,34,48-50,54-55H,4-17,19-20,22-26,29-30,32-33,35-47H2,1-3H3,(H,53,56)/b21-18-,28-27+,34-31+. The van der Waals surface area contributed by atoms with Crippen LogP contribution < -0.4 is 5.32 Å². The monoisotopic (exact) mass is 816 g/mol. The van der Waals surface area contributed by atoms with E-state index in [1.54, 1.807) is 0 Å². The molecule has 0 radical (unpaired) electrons. The Hall–Kier alpha value is -1.92. The number of esters is 1. The molecule has 0 spiro atoms. The fourth-order valence-electron chi connectivity index (χ4n) is 7.60. The van der Waals surface area contributed by atoms with E-state index < -0.39 is 18.2 Å². The highest BCUT2D eigenvalue weighted by atomic mass is 16.5. The Morgan fingerprint density at radius 3 is 1.40 bits per heavy atom. The maximum Gasteiger partial charge on any atom is 0.306 e. The lowest BCUT2D eigenvalue weighted by atomic mass is 10.0. The molecule has 0 aliphatic carbocycles. The zero-order chi connectivity index (χ0) is 42.4. The van der Waals surface area contributed by atoms with Crippen molar-refractivity contribution in [3.63, 3.8) is 0 Å². The van der Waals surface area contributed by atoms with Crippen LogP contribution in [0.1, 0.15) is 258 Å². The van der Waals surface area contributed by atoms with Gasteiger partial charge in [-0.3, -0.25) is 9.59 Å². The molecule has 0 rings (SSSR count). The number of aliphatic hydroxyl groups excluding tert-OH is 2. The first-order valence-electron chi connectivity index (χ1n) is 25.2. The first kappa shape index (κ1) is 56.1. The van der Waals surface area contributed by atoms with Crippen LogP contribution in [-0.4, -0.2) is 46.9 Å². The highest BCUT2D eigenvalue weighted by molar-refractivity contribution is 5.77. The van der Waals surface area contributed by atoms with Gasteiger partial charge in [-0.2, -0.15) is 0 Å². The van der Waals surface area contributed by atoms with Gasteiger partial charge in [0.25, 0.3) is 0 Å². The van der Waals surface area contributed by atoms with Gasteiger partial charge in [0, 0.05) is 6.42 Å². The Morgan fingerprint density at radius 2 is 0.897 bits per heavy atom. The fourth-order valence-corrected chi connectivity index (χ4v) is 7.60. The molecular formula is C52H97NO5. The number of hydrogen-bond donors (Lipinski definition) is 3. The predicted octanol–water partition coefficient (Wildman–Crippen LogP) is 14.9. The van der Waals surface area contributed by atoms with Crippen LogP contribution in [0.15, 0.2) is 36.5 Å². The number of carbonyl (C=O) groups is 2. The maximum atomic E-state index is 13.2. The van der Waals surface area contributed by atoms with Crippen LogP contribution in [0.3, 0.4) is 0 Å². The third kappa shape index (κ3) is 40.8. The van der Waals surface area contributed by atoms with E-state index in [0.29, 0.717) is 19.3 Å². The Balaban J connectivity index is 4.65. The second kappa shape index (κ2) is 46.2. The minimum Gasteiger partial charge on any atom is -0.462 e. The number of ether oxygens (including phenoxy) is 1. The Labute approximate surface area is 360 Å². The molecule has 0 aromatic rings. The molecular weight excluding hydrogens is 719 g/mol. The summed E-state index contributed by atoms with van der Waals surface area (Å²) in [5, 5.41) is 23.7. The van der Waals surface area contributed by atoms with E-state index >= 15 is 0 Å². The Bertz CT molecular complexity index is 961. The molecule has 0 aromatic carbocycles. The number of unbranched alkanes of at least 4 members (excludes halogenated alkanes) is 28. The largest absolute Gasteiger partial charge is 0.462 e. The van der Waals surface area contributed by atoms with Gasteiger partial charge in [0.15, 0.2) is 0 Å². The van der Waals surface area contributed by atoms with Crippen LogP contribution in [0, 0.1) is 0 Å². The van der Waals surface area contributed by atoms with Crippen molar-refractivity contribution < 1.29 is 24.5 Å². The topological polar surface area (TPSA) is 95.9 Å². The van der Waals surface area contributed by atoms with Gasteiger partial charge in [-0.15, -0.1) is 0 Å². The third-order valence-corrected chi connectivity index (χ3v) is 11.5. The molecule has 6 heteroatoms. The number of amides is 1. The predicted molar refractivity (Wildman–Crippen MR) is 250 cm³/mol. The minimum absolute atomic E-state index is 0.0434. The SMILES string of the molecule is CCCCC/C=C\CCCCCCCC(=O)OC(CCC/C=C/C=C/CCCCCCCCC)CC(=O)NC(CO)C(O)CCCCCCCCCCCCCCC. The molecule has 58 heavy (non-hydrogen) atoms. The Morgan fingerprint density at radius 1 is 0.500 bits per heavy atom. The van der Waals surface area contributed by atoms with Crippen LogP contribution in [0.5, 0.6) is 0 Å². The third-order valence-electron chi connectivity index (χ3n) is 11.5. The molecule has 0 fully saturated rings. The normalized spacial score (nSPS) is 13.5. The Kier molecular flexibility index (Phi) is 44.6. The lowest BCUT2D eigenvalue weighted by molar-refractivity contribution is -0.151. The van der Waals surface area contributed by atoms with Gasteiger partial charge >= 0.3 is 5.97 Å². The summed E-state index contributed by atoms with van der Waals surface area (Å²) < 4.78 is 5.89. The van der Waals surface area contributed by atoms with Crippen LogP contribution >= 0.6 is 0 Å². The zero-order valence-corrected chi connectivity index (χ0v) is 38.7. The van der Waals surface area contributed by atoms with Gasteiger partial charge < -0.3 is 20.3 Å². The van der Waals surface area contributed by atoms with Gasteiger partial charge in [0.05, 0.1) is 25.2 Å².